The fourth-order valence-corrected chi connectivity index (χ4v) is 2.88. The Morgan fingerprint density at radius 3 is 2.75 bits per heavy atom. The van der Waals surface area contributed by atoms with Gasteiger partial charge in [0.15, 0.2) is 5.16 Å². The quantitative estimate of drug-likeness (QED) is 0.792. The summed E-state index contributed by atoms with van der Waals surface area (Å²) in [7, 11) is 3.99. The summed E-state index contributed by atoms with van der Waals surface area (Å²) in [6.07, 6.45) is 3.33. The van der Waals surface area contributed by atoms with E-state index in [1.54, 1.807) is 18.0 Å². The predicted molar refractivity (Wildman–Crippen MR) is 82.7 cm³/mol. The van der Waals surface area contributed by atoms with E-state index in [1.807, 2.05) is 43.1 Å². The number of aromatic nitrogens is 2. The maximum atomic E-state index is 10.1. The number of aryl methyl sites for hydroxylation is 1. The maximum absolute atomic E-state index is 10.1. The van der Waals surface area contributed by atoms with Gasteiger partial charge in [-0.05, 0) is 12.6 Å². The van der Waals surface area contributed by atoms with Gasteiger partial charge in [-0.2, -0.15) is 0 Å². The number of aliphatic hydroxyl groups excluding tert-OH is 1. The summed E-state index contributed by atoms with van der Waals surface area (Å²) >= 11 is 1.59. The fourth-order valence-electron chi connectivity index (χ4n) is 2.03. The van der Waals surface area contributed by atoms with Crippen LogP contribution in [0.25, 0.3) is 0 Å². The zero-order valence-corrected chi connectivity index (χ0v) is 12.8. The van der Waals surface area contributed by atoms with Gasteiger partial charge in [0.25, 0.3) is 0 Å². The third-order valence-corrected chi connectivity index (χ3v) is 4.20. The summed E-state index contributed by atoms with van der Waals surface area (Å²) in [6.45, 7) is 1.51. The van der Waals surface area contributed by atoms with Crippen molar-refractivity contribution in [3.05, 3.63) is 48.3 Å². The van der Waals surface area contributed by atoms with Gasteiger partial charge in [0.1, 0.15) is 0 Å². The summed E-state index contributed by atoms with van der Waals surface area (Å²) in [5.41, 5.74) is 1.26. The van der Waals surface area contributed by atoms with Crippen molar-refractivity contribution in [3.8, 4) is 0 Å². The molecule has 1 aromatic carbocycles. The molecule has 0 aliphatic rings. The van der Waals surface area contributed by atoms with Crippen LogP contribution in [0.3, 0.4) is 0 Å². The minimum atomic E-state index is -0.356. The molecule has 1 atom stereocenters. The molecule has 4 nitrogen and oxygen atoms in total. The average Bonchev–Trinajstić information content (AvgIpc) is 2.83. The molecule has 2 aromatic rings. The summed E-state index contributed by atoms with van der Waals surface area (Å²) < 4.78 is 1.96. The van der Waals surface area contributed by atoms with E-state index in [0.29, 0.717) is 12.3 Å². The van der Waals surface area contributed by atoms with Crippen molar-refractivity contribution < 1.29 is 5.11 Å². The second-order valence-electron chi connectivity index (χ2n) is 4.97. The van der Waals surface area contributed by atoms with Gasteiger partial charge < -0.3 is 9.67 Å². The van der Waals surface area contributed by atoms with E-state index < -0.39 is 0 Å². The number of hydrogen-bond donors (Lipinski definition) is 1. The third-order valence-electron chi connectivity index (χ3n) is 3.00. The van der Waals surface area contributed by atoms with Gasteiger partial charge in [0, 0.05) is 38.3 Å². The lowest BCUT2D eigenvalue weighted by Gasteiger charge is -2.20. The Morgan fingerprint density at radius 1 is 1.35 bits per heavy atom. The molecule has 108 valence electrons. The van der Waals surface area contributed by atoms with Crippen molar-refractivity contribution in [1.29, 1.82) is 0 Å². The Bertz CT molecular complexity index is 515. The molecule has 1 unspecified atom stereocenters. The highest BCUT2D eigenvalue weighted by molar-refractivity contribution is 7.99. The third kappa shape index (κ3) is 4.67. The number of likely N-dealkylation sites (N-methyl/N-ethyl adjacent to an activating group) is 1. The molecule has 0 spiro atoms. The van der Waals surface area contributed by atoms with Gasteiger partial charge in [0.2, 0.25) is 0 Å². The Morgan fingerprint density at radius 2 is 2.10 bits per heavy atom. The fraction of sp³-hybridized carbons (Fsp3) is 0.400. The Balaban J connectivity index is 1.74. The Kier molecular flexibility index (Phi) is 5.64. The smallest absolute Gasteiger partial charge is 0.167 e. The van der Waals surface area contributed by atoms with Crippen molar-refractivity contribution in [2.75, 3.05) is 19.3 Å². The lowest BCUT2D eigenvalue weighted by atomic mass is 10.2. The minimum absolute atomic E-state index is 0.356. The Labute approximate surface area is 124 Å². The monoisotopic (exact) mass is 291 g/mol. The van der Waals surface area contributed by atoms with E-state index >= 15 is 0 Å². The van der Waals surface area contributed by atoms with Crippen molar-refractivity contribution in [2.24, 2.45) is 7.05 Å². The molecule has 1 aromatic heterocycles. The maximum Gasteiger partial charge on any atom is 0.167 e. The van der Waals surface area contributed by atoms with Crippen LogP contribution in [0.2, 0.25) is 0 Å². The normalized spacial score (nSPS) is 12.8. The molecule has 0 bridgehead atoms. The molecule has 0 saturated heterocycles. The van der Waals surface area contributed by atoms with Crippen LogP contribution in [0.1, 0.15) is 5.56 Å². The van der Waals surface area contributed by atoms with Crippen LogP contribution in [0.15, 0.2) is 47.9 Å². The van der Waals surface area contributed by atoms with E-state index in [1.165, 1.54) is 5.56 Å². The average molecular weight is 291 g/mol. The number of rotatable bonds is 7. The van der Waals surface area contributed by atoms with Gasteiger partial charge in [-0.25, -0.2) is 4.98 Å². The lowest BCUT2D eigenvalue weighted by molar-refractivity contribution is 0.142. The Hall–Kier alpha value is -1.30. The van der Waals surface area contributed by atoms with Crippen LogP contribution in [0, 0.1) is 0 Å². The van der Waals surface area contributed by atoms with E-state index in [0.717, 1.165) is 11.7 Å². The lowest BCUT2D eigenvalue weighted by Crippen LogP contribution is -2.30. The van der Waals surface area contributed by atoms with Gasteiger partial charge in [-0.15, -0.1) is 0 Å². The van der Waals surface area contributed by atoms with Crippen LogP contribution in [0.4, 0.5) is 0 Å². The van der Waals surface area contributed by atoms with Crippen molar-refractivity contribution in [2.45, 2.75) is 17.8 Å². The van der Waals surface area contributed by atoms with Crippen LogP contribution in [-0.4, -0.2) is 45.0 Å². The largest absolute Gasteiger partial charge is 0.391 e. The van der Waals surface area contributed by atoms with E-state index in [4.69, 9.17) is 0 Å². The van der Waals surface area contributed by atoms with Gasteiger partial charge in [-0.3, -0.25) is 4.90 Å². The molecule has 0 radical (unpaired) electrons. The number of imidazole rings is 1. The molecule has 20 heavy (non-hydrogen) atoms. The van der Waals surface area contributed by atoms with E-state index in [2.05, 4.69) is 22.0 Å². The standard InChI is InChI=1S/C15H21N3OS/c1-17(10-13-6-4-3-5-7-13)11-14(19)12-20-15-16-8-9-18(15)2/h3-9,14,19H,10-12H2,1-2H3. The molecule has 2 rings (SSSR count). The van der Waals surface area contributed by atoms with Crippen LogP contribution in [-0.2, 0) is 13.6 Å². The number of nitrogens with zero attached hydrogens (tertiary/aromatic N) is 3. The highest BCUT2D eigenvalue weighted by Gasteiger charge is 2.10. The van der Waals surface area contributed by atoms with Gasteiger partial charge >= 0.3 is 0 Å². The van der Waals surface area contributed by atoms with Crippen LogP contribution < -0.4 is 0 Å². The first kappa shape index (κ1) is 15.1. The van der Waals surface area contributed by atoms with Gasteiger partial charge in [0.05, 0.1) is 6.10 Å². The second-order valence-corrected chi connectivity index (χ2v) is 5.96. The summed E-state index contributed by atoms with van der Waals surface area (Å²) in [5.74, 6) is 0.657. The molecule has 0 fully saturated rings. The van der Waals surface area contributed by atoms with E-state index in [9.17, 15) is 5.11 Å². The first-order valence-electron chi connectivity index (χ1n) is 6.66. The zero-order chi connectivity index (χ0) is 14.4. The predicted octanol–water partition coefficient (Wildman–Crippen LogP) is 2.01. The second kappa shape index (κ2) is 7.47. The molecule has 0 aliphatic carbocycles. The molecule has 0 amide bonds. The first-order chi connectivity index (χ1) is 9.65. The highest BCUT2D eigenvalue weighted by atomic mass is 32.2. The van der Waals surface area contributed by atoms with Crippen LogP contribution >= 0.6 is 11.8 Å². The van der Waals surface area contributed by atoms with Crippen LogP contribution in [0.5, 0.6) is 0 Å². The minimum Gasteiger partial charge on any atom is -0.391 e. The summed E-state index contributed by atoms with van der Waals surface area (Å²) in [4.78, 5) is 6.37. The van der Waals surface area contributed by atoms with Crippen molar-refractivity contribution in [3.63, 3.8) is 0 Å². The van der Waals surface area contributed by atoms with Crippen molar-refractivity contribution in [1.82, 2.24) is 14.5 Å². The first-order valence-corrected chi connectivity index (χ1v) is 7.64. The molecular formula is C15H21N3OS. The number of aliphatic hydroxyl groups is 1. The zero-order valence-electron chi connectivity index (χ0n) is 11.9. The molecule has 0 aliphatic heterocycles. The summed E-state index contributed by atoms with van der Waals surface area (Å²) in [6, 6.07) is 10.3. The SMILES string of the molecule is CN(Cc1ccccc1)CC(O)CSc1nccn1C. The number of benzene rings is 1. The number of hydrogen-bond acceptors (Lipinski definition) is 4. The van der Waals surface area contributed by atoms with Crippen molar-refractivity contribution >= 4 is 11.8 Å². The van der Waals surface area contributed by atoms with Gasteiger partial charge in [-0.1, -0.05) is 42.1 Å². The molecule has 5 heteroatoms. The van der Waals surface area contributed by atoms with E-state index in [-0.39, 0.29) is 6.10 Å². The molecule has 1 N–H and O–H groups in total. The molecule has 1 heterocycles. The topological polar surface area (TPSA) is 41.3 Å². The molecular weight excluding hydrogens is 270 g/mol. The summed E-state index contributed by atoms with van der Waals surface area (Å²) in [5, 5.41) is 11.0. The highest BCUT2D eigenvalue weighted by Crippen LogP contribution is 2.16. The number of thioether (sulfide) groups is 1. The molecule has 0 saturated carbocycles.